The maximum Gasteiger partial charge on any atom is 0.404 e. The average molecular weight is 285 g/mol. The lowest BCUT2D eigenvalue weighted by atomic mass is 9.92. The largest absolute Gasteiger partial charge is 0.445 e. The van der Waals surface area contributed by atoms with Gasteiger partial charge < -0.3 is 10.5 Å². The Balaban J connectivity index is 1.84. The SMILES string of the molecule is NC(=O)OCc1ccccc1[C@H]1Cc2ccc(F)cc2C1. The van der Waals surface area contributed by atoms with Gasteiger partial charge in [0.2, 0.25) is 0 Å². The van der Waals surface area contributed by atoms with Crippen LogP contribution in [-0.4, -0.2) is 6.09 Å². The molecule has 0 saturated heterocycles. The molecule has 1 aliphatic carbocycles. The van der Waals surface area contributed by atoms with Crippen LogP contribution in [0.4, 0.5) is 9.18 Å². The highest BCUT2D eigenvalue weighted by atomic mass is 19.1. The van der Waals surface area contributed by atoms with E-state index in [9.17, 15) is 9.18 Å². The summed E-state index contributed by atoms with van der Waals surface area (Å²) in [6, 6.07) is 12.8. The fourth-order valence-corrected chi connectivity index (χ4v) is 3.02. The minimum Gasteiger partial charge on any atom is -0.445 e. The third-order valence-corrected chi connectivity index (χ3v) is 3.97. The van der Waals surface area contributed by atoms with Crippen LogP contribution in [0.2, 0.25) is 0 Å². The zero-order valence-corrected chi connectivity index (χ0v) is 11.5. The number of nitrogens with two attached hydrogens (primary N) is 1. The van der Waals surface area contributed by atoms with Gasteiger partial charge in [0.05, 0.1) is 0 Å². The topological polar surface area (TPSA) is 52.3 Å². The van der Waals surface area contributed by atoms with E-state index >= 15 is 0 Å². The van der Waals surface area contributed by atoms with Gasteiger partial charge in [-0.15, -0.1) is 0 Å². The first kappa shape index (κ1) is 13.6. The highest BCUT2D eigenvalue weighted by Gasteiger charge is 2.25. The second-order valence-electron chi connectivity index (χ2n) is 5.32. The molecule has 3 nitrogen and oxygen atoms in total. The van der Waals surface area contributed by atoms with Crippen LogP contribution in [-0.2, 0) is 24.2 Å². The van der Waals surface area contributed by atoms with Gasteiger partial charge in [-0.25, -0.2) is 9.18 Å². The number of carbonyl (C=O) groups is 1. The molecule has 0 heterocycles. The quantitative estimate of drug-likeness (QED) is 0.940. The van der Waals surface area contributed by atoms with Crippen molar-refractivity contribution in [2.75, 3.05) is 0 Å². The highest BCUT2D eigenvalue weighted by Crippen LogP contribution is 2.35. The summed E-state index contributed by atoms with van der Waals surface area (Å²) in [6.45, 7) is 0.173. The minimum absolute atomic E-state index is 0.173. The Morgan fingerprint density at radius 1 is 1.19 bits per heavy atom. The fourth-order valence-electron chi connectivity index (χ4n) is 3.02. The molecule has 2 aromatic rings. The molecule has 2 N–H and O–H groups in total. The maximum atomic E-state index is 13.3. The van der Waals surface area contributed by atoms with Gasteiger partial charge in [-0.05, 0) is 53.1 Å². The Kier molecular flexibility index (Phi) is 3.60. The number of hydrogen-bond acceptors (Lipinski definition) is 2. The van der Waals surface area contributed by atoms with Crippen LogP contribution in [0.25, 0.3) is 0 Å². The first-order valence-corrected chi connectivity index (χ1v) is 6.91. The van der Waals surface area contributed by atoms with Crippen molar-refractivity contribution in [2.24, 2.45) is 5.73 Å². The molecule has 0 saturated carbocycles. The van der Waals surface area contributed by atoms with Gasteiger partial charge in [-0.1, -0.05) is 30.3 Å². The molecule has 3 rings (SSSR count). The molecule has 0 unspecified atom stereocenters. The van der Waals surface area contributed by atoms with Crippen LogP contribution >= 0.6 is 0 Å². The molecule has 0 fully saturated rings. The molecule has 21 heavy (non-hydrogen) atoms. The van der Waals surface area contributed by atoms with E-state index in [1.165, 1.54) is 11.6 Å². The number of ether oxygens (including phenoxy) is 1. The zero-order chi connectivity index (χ0) is 14.8. The Morgan fingerprint density at radius 2 is 1.95 bits per heavy atom. The van der Waals surface area contributed by atoms with Gasteiger partial charge in [0.15, 0.2) is 0 Å². The monoisotopic (exact) mass is 285 g/mol. The van der Waals surface area contributed by atoms with Crippen molar-refractivity contribution in [1.29, 1.82) is 0 Å². The molecule has 1 amide bonds. The Hall–Kier alpha value is -2.36. The summed E-state index contributed by atoms with van der Waals surface area (Å²) < 4.78 is 18.2. The Bertz CT molecular complexity index is 684. The number of benzene rings is 2. The van der Waals surface area contributed by atoms with Gasteiger partial charge in [0.25, 0.3) is 0 Å². The number of fused-ring (bicyclic) bond motifs is 1. The molecular formula is C17H16FNO2. The Labute approximate surface area is 122 Å². The molecule has 1 atom stereocenters. The molecule has 0 aliphatic heterocycles. The summed E-state index contributed by atoms with van der Waals surface area (Å²) in [7, 11) is 0. The molecule has 4 heteroatoms. The van der Waals surface area contributed by atoms with Crippen molar-refractivity contribution in [1.82, 2.24) is 0 Å². The van der Waals surface area contributed by atoms with E-state index in [1.807, 2.05) is 30.3 Å². The highest BCUT2D eigenvalue weighted by molar-refractivity contribution is 5.64. The van der Waals surface area contributed by atoms with Crippen molar-refractivity contribution in [3.63, 3.8) is 0 Å². The van der Waals surface area contributed by atoms with E-state index < -0.39 is 6.09 Å². The van der Waals surface area contributed by atoms with Crippen LogP contribution in [0.3, 0.4) is 0 Å². The van der Waals surface area contributed by atoms with E-state index in [1.54, 1.807) is 6.07 Å². The predicted octanol–water partition coefficient (Wildman–Crippen LogP) is 3.30. The third-order valence-electron chi connectivity index (χ3n) is 3.97. The van der Waals surface area contributed by atoms with Crippen molar-refractivity contribution in [3.05, 3.63) is 70.5 Å². The van der Waals surface area contributed by atoms with E-state index in [0.717, 1.165) is 29.5 Å². The normalized spacial score (nSPS) is 16.5. The van der Waals surface area contributed by atoms with Gasteiger partial charge in [0.1, 0.15) is 12.4 Å². The number of rotatable bonds is 3. The van der Waals surface area contributed by atoms with Crippen molar-refractivity contribution in [3.8, 4) is 0 Å². The molecule has 0 spiro atoms. The lowest BCUT2D eigenvalue weighted by Gasteiger charge is -2.15. The molecular weight excluding hydrogens is 269 g/mol. The van der Waals surface area contributed by atoms with Crippen molar-refractivity contribution < 1.29 is 13.9 Å². The number of halogens is 1. The molecule has 0 radical (unpaired) electrons. The molecule has 108 valence electrons. The molecule has 1 aliphatic rings. The maximum absolute atomic E-state index is 13.3. The number of primary amides is 1. The van der Waals surface area contributed by atoms with E-state index in [-0.39, 0.29) is 18.3 Å². The van der Waals surface area contributed by atoms with Gasteiger partial charge in [-0.3, -0.25) is 0 Å². The average Bonchev–Trinajstić information content (AvgIpc) is 2.88. The third kappa shape index (κ3) is 2.89. The Morgan fingerprint density at radius 3 is 2.76 bits per heavy atom. The second kappa shape index (κ2) is 5.56. The van der Waals surface area contributed by atoms with E-state index in [2.05, 4.69) is 0 Å². The van der Waals surface area contributed by atoms with Crippen molar-refractivity contribution >= 4 is 6.09 Å². The standard InChI is InChI=1S/C17H16FNO2/c18-15-6-5-11-7-14(8-13(11)9-15)16-4-2-1-3-12(16)10-21-17(19)20/h1-6,9,14H,7-8,10H2,(H2,19,20)/t14-/m0/s1. The fraction of sp³-hybridized carbons (Fsp3) is 0.235. The molecule has 0 bridgehead atoms. The van der Waals surface area contributed by atoms with Gasteiger partial charge >= 0.3 is 6.09 Å². The number of amides is 1. The summed E-state index contributed by atoms with van der Waals surface area (Å²) in [5, 5.41) is 0. The summed E-state index contributed by atoms with van der Waals surface area (Å²) in [4.78, 5) is 10.8. The zero-order valence-electron chi connectivity index (χ0n) is 11.5. The van der Waals surface area contributed by atoms with Crippen LogP contribution < -0.4 is 5.73 Å². The van der Waals surface area contributed by atoms with Crippen LogP contribution in [0.5, 0.6) is 0 Å². The van der Waals surface area contributed by atoms with Crippen molar-refractivity contribution in [2.45, 2.75) is 25.4 Å². The van der Waals surface area contributed by atoms with Gasteiger partial charge in [-0.2, -0.15) is 0 Å². The number of carbonyl (C=O) groups excluding carboxylic acids is 1. The molecule has 0 aromatic heterocycles. The lowest BCUT2D eigenvalue weighted by Crippen LogP contribution is -2.14. The predicted molar refractivity (Wildman–Crippen MR) is 77.4 cm³/mol. The molecule has 2 aromatic carbocycles. The van der Waals surface area contributed by atoms with Crippen LogP contribution in [0.15, 0.2) is 42.5 Å². The number of hydrogen-bond donors (Lipinski definition) is 1. The van der Waals surface area contributed by atoms with E-state index in [0.29, 0.717) is 0 Å². The first-order valence-electron chi connectivity index (χ1n) is 6.91. The smallest absolute Gasteiger partial charge is 0.404 e. The summed E-state index contributed by atoms with van der Waals surface area (Å²) in [5.41, 5.74) is 9.36. The van der Waals surface area contributed by atoms with E-state index in [4.69, 9.17) is 10.5 Å². The lowest BCUT2D eigenvalue weighted by molar-refractivity contribution is 0.150. The van der Waals surface area contributed by atoms with Crippen LogP contribution in [0.1, 0.15) is 28.2 Å². The summed E-state index contributed by atoms with van der Waals surface area (Å²) in [5.74, 6) is 0.0919. The second-order valence-corrected chi connectivity index (χ2v) is 5.32. The first-order chi connectivity index (χ1) is 10.1. The van der Waals surface area contributed by atoms with Crippen LogP contribution in [0, 0.1) is 5.82 Å². The summed E-state index contributed by atoms with van der Waals surface area (Å²) in [6.07, 6.45) is 0.908. The minimum atomic E-state index is -0.776. The summed E-state index contributed by atoms with van der Waals surface area (Å²) >= 11 is 0. The van der Waals surface area contributed by atoms with Gasteiger partial charge in [0, 0.05) is 0 Å².